The van der Waals surface area contributed by atoms with Crippen molar-refractivity contribution in [2.24, 2.45) is 0 Å². The van der Waals surface area contributed by atoms with Gasteiger partial charge in [0.2, 0.25) is 5.78 Å². The number of ketones is 1. The van der Waals surface area contributed by atoms with Gasteiger partial charge in [0, 0.05) is 11.3 Å². The number of rotatable bonds is 0. The van der Waals surface area contributed by atoms with Crippen molar-refractivity contribution in [2.45, 2.75) is 0 Å². The molecule has 0 bridgehead atoms. The van der Waals surface area contributed by atoms with Crippen LogP contribution in [0.4, 0.5) is 5.69 Å². The van der Waals surface area contributed by atoms with Crippen molar-refractivity contribution in [1.29, 1.82) is 5.41 Å². The monoisotopic (exact) mass is 172 g/mol. The third-order valence-electron chi connectivity index (χ3n) is 2.04. The highest BCUT2D eigenvalue weighted by Crippen LogP contribution is 2.22. The molecule has 1 aliphatic rings. The van der Waals surface area contributed by atoms with Crippen molar-refractivity contribution in [3.63, 3.8) is 0 Å². The fraction of sp³-hybridized carbons (Fsp3) is 0. The van der Waals surface area contributed by atoms with Crippen LogP contribution in [-0.4, -0.2) is 11.5 Å². The summed E-state index contributed by atoms with van der Waals surface area (Å²) in [5, 5.41) is 7.54. The quantitative estimate of drug-likeness (QED) is 0.578. The van der Waals surface area contributed by atoms with E-state index in [2.05, 4.69) is 0 Å². The van der Waals surface area contributed by atoms with Crippen LogP contribution in [0.5, 0.6) is 0 Å². The largest absolute Gasteiger partial charge is 0.398 e. The van der Waals surface area contributed by atoms with Gasteiger partial charge in [-0.05, 0) is 17.7 Å². The lowest BCUT2D eigenvalue weighted by Gasteiger charge is -2.12. The van der Waals surface area contributed by atoms with Crippen LogP contribution in [0.3, 0.4) is 0 Å². The van der Waals surface area contributed by atoms with Gasteiger partial charge < -0.3 is 5.73 Å². The van der Waals surface area contributed by atoms with E-state index in [1.165, 1.54) is 6.08 Å². The molecule has 0 saturated carbocycles. The van der Waals surface area contributed by atoms with Gasteiger partial charge in [-0.15, -0.1) is 0 Å². The summed E-state index contributed by atoms with van der Waals surface area (Å²) in [4.78, 5) is 11.1. The molecule has 0 heterocycles. The molecule has 3 heteroatoms. The van der Waals surface area contributed by atoms with E-state index in [0.29, 0.717) is 11.3 Å². The second-order valence-corrected chi connectivity index (χ2v) is 2.88. The fourth-order valence-corrected chi connectivity index (χ4v) is 1.39. The first-order valence-corrected chi connectivity index (χ1v) is 3.90. The number of hydrogen-bond donors (Lipinski definition) is 2. The summed E-state index contributed by atoms with van der Waals surface area (Å²) in [5.74, 6) is -0.287. The molecule has 1 aromatic rings. The highest BCUT2D eigenvalue weighted by molar-refractivity contribution is 6.51. The van der Waals surface area contributed by atoms with E-state index in [4.69, 9.17) is 11.1 Å². The van der Waals surface area contributed by atoms with Crippen LogP contribution in [0.2, 0.25) is 0 Å². The first-order chi connectivity index (χ1) is 6.20. The molecule has 0 fully saturated rings. The van der Waals surface area contributed by atoms with Crippen LogP contribution < -0.4 is 5.73 Å². The van der Waals surface area contributed by atoms with Crippen molar-refractivity contribution >= 4 is 23.3 Å². The normalized spacial score (nSPS) is 14.5. The van der Waals surface area contributed by atoms with Crippen molar-refractivity contribution in [2.75, 3.05) is 5.73 Å². The number of nitrogens with one attached hydrogen (secondary N) is 1. The predicted octanol–water partition coefficient (Wildman–Crippen LogP) is 1.23. The Morgan fingerprint density at radius 1 is 1.23 bits per heavy atom. The van der Waals surface area contributed by atoms with Crippen molar-refractivity contribution < 1.29 is 4.79 Å². The van der Waals surface area contributed by atoms with Gasteiger partial charge in [0.15, 0.2) is 0 Å². The summed E-state index contributed by atoms with van der Waals surface area (Å²) in [7, 11) is 0. The summed E-state index contributed by atoms with van der Waals surface area (Å²) < 4.78 is 0. The summed E-state index contributed by atoms with van der Waals surface area (Å²) in [6.07, 6.45) is 3.08. The number of carbonyl (C=O) groups excluding carboxylic acids is 1. The van der Waals surface area contributed by atoms with Crippen LogP contribution in [0.25, 0.3) is 6.08 Å². The van der Waals surface area contributed by atoms with E-state index >= 15 is 0 Å². The first kappa shape index (κ1) is 7.73. The topological polar surface area (TPSA) is 66.9 Å². The standard InChI is InChI=1S/C10H8N2O/c11-7-3-1-2-6-4-5-8(13)10(12)9(6)7/h1-5,12H,11H2. The number of benzene rings is 1. The molecule has 0 aliphatic heterocycles. The molecular weight excluding hydrogens is 164 g/mol. The Morgan fingerprint density at radius 2 is 2.00 bits per heavy atom. The number of nitrogens with two attached hydrogens (primary N) is 1. The molecule has 0 aromatic heterocycles. The van der Waals surface area contributed by atoms with Crippen molar-refractivity contribution in [3.8, 4) is 0 Å². The maximum absolute atomic E-state index is 11.1. The predicted molar refractivity (Wildman–Crippen MR) is 51.7 cm³/mol. The number of fused-ring (bicyclic) bond motifs is 1. The van der Waals surface area contributed by atoms with Crippen LogP contribution >= 0.6 is 0 Å². The smallest absolute Gasteiger partial charge is 0.204 e. The molecule has 0 saturated heterocycles. The number of carbonyl (C=O) groups is 1. The average molecular weight is 172 g/mol. The molecule has 1 aliphatic carbocycles. The second kappa shape index (κ2) is 2.55. The van der Waals surface area contributed by atoms with Gasteiger partial charge in [0.25, 0.3) is 0 Å². The Hall–Kier alpha value is -1.90. The molecule has 13 heavy (non-hydrogen) atoms. The van der Waals surface area contributed by atoms with Gasteiger partial charge in [-0.3, -0.25) is 10.2 Å². The average Bonchev–Trinajstić information content (AvgIpc) is 2.12. The number of hydrogen-bond acceptors (Lipinski definition) is 3. The molecular formula is C10H8N2O. The highest BCUT2D eigenvalue weighted by Gasteiger charge is 2.18. The summed E-state index contributed by atoms with van der Waals surface area (Å²) in [5.41, 5.74) is 7.52. The molecule has 2 rings (SSSR count). The zero-order chi connectivity index (χ0) is 9.42. The molecule has 0 unspecified atom stereocenters. The Balaban J connectivity index is 2.74. The van der Waals surface area contributed by atoms with Crippen LogP contribution in [0.1, 0.15) is 11.1 Å². The maximum Gasteiger partial charge on any atom is 0.204 e. The number of anilines is 1. The molecule has 0 radical (unpaired) electrons. The summed E-state index contributed by atoms with van der Waals surface area (Å²) >= 11 is 0. The number of allylic oxidation sites excluding steroid dienone is 1. The lowest BCUT2D eigenvalue weighted by atomic mass is 9.93. The first-order valence-electron chi connectivity index (χ1n) is 3.90. The second-order valence-electron chi connectivity index (χ2n) is 2.88. The Labute approximate surface area is 75.4 Å². The molecule has 0 atom stereocenters. The summed E-state index contributed by atoms with van der Waals surface area (Å²) in [6, 6.07) is 5.34. The van der Waals surface area contributed by atoms with E-state index in [0.717, 1.165) is 5.56 Å². The third kappa shape index (κ3) is 1.05. The van der Waals surface area contributed by atoms with E-state index in [9.17, 15) is 4.79 Å². The maximum atomic E-state index is 11.1. The number of nitrogen functional groups attached to an aromatic ring is 1. The minimum Gasteiger partial charge on any atom is -0.398 e. The third-order valence-corrected chi connectivity index (χ3v) is 2.04. The van der Waals surface area contributed by atoms with Crippen LogP contribution in [0, 0.1) is 5.41 Å². The van der Waals surface area contributed by atoms with E-state index in [1.807, 2.05) is 12.1 Å². The van der Waals surface area contributed by atoms with Gasteiger partial charge in [-0.2, -0.15) is 0 Å². The molecule has 3 nitrogen and oxygen atoms in total. The van der Waals surface area contributed by atoms with Gasteiger partial charge in [-0.25, -0.2) is 0 Å². The fourth-order valence-electron chi connectivity index (χ4n) is 1.39. The van der Waals surface area contributed by atoms with Gasteiger partial charge in [-0.1, -0.05) is 18.2 Å². The minimum absolute atomic E-state index is 0.0180. The van der Waals surface area contributed by atoms with Gasteiger partial charge >= 0.3 is 0 Å². The Bertz CT molecular complexity index is 433. The highest BCUT2D eigenvalue weighted by atomic mass is 16.1. The zero-order valence-electron chi connectivity index (χ0n) is 6.87. The summed E-state index contributed by atoms with van der Waals surface area (Å²) in [6.45, 7) is 0. The van der Waals surface area contributed by atoms with Crippen LogP contribution in [-0.2, 0) is 4.79 Å². The van der Waals surface area contributed by atoms with E-state index in [1.54, 1.807) is 12.1 Å². The van der Waals surface area contributed by atoms with Crippen molar-refractivity contribution in [1.82, 2.24) is 0 Å². The molecule has 1 aromatic carbocycles. The van der Waals surface area contributed by atoms with Crippen LogP contribution in [0.15, 0.2) is 24.3 Å². The van der Waals surface area contributed by atoms with Gasteiger partial charge in [0.05, 0.1) is 0 Å². The Morgan fingerprint density at radius 3 is 2.77 bits per heavy atom. The van der Waals surface area contributed by atoms with Crippen molar-refractivity contribution in [3.05, 3.63) is 35.4 Å². The molecule has 0 spiro atoms. The lowest BCUT2D eigenvalue weighted by Crippen LogP contribution is -2.18. The molecule has 3 N–H and O–H groups in total. The Kier molecular flexibility index (Phi) is 1.52. The SMILES string of the molecule is N=C1C(=O)C=Cc2cccc(N)c21. The molecule has 0 amide bonds. The van der Waals surface area contributed by atoms with E-state index in [-0.39, 0.29) is 11.5 Å². The molecule has 64 valence electrons. The lowest BCUT2D eigenvalue weighted by molar-refractivity contribution is -0.108. The minimum atomic E-state index is -0.287. The van der Waals surface area contributed by atoms with E-state index < -0.39 is 0 Å². The van der Waals surface area contributed by atoms with Gasteiger partial charge in [0.1, 0.15) is 5.71 Å². The zero-order valence-corrected chi connectivity index (χ0v) is 6.87.